The smallest absolute Gasteiger partial charge is 0.308 e. The van der Waals surface area contributed by atoms with E-state index in [0.29, 0.717) is 24.0 Å². The lowest BCUT2D eigenvalue weighted by atomic mass is 9.97. The number of benzene rings is 1. The number of fused-ring (bicyclic) bond motifs is 1. The Hall–Kier alpha value is -2.37. The number of amides is 1. The first-order valence-electron chi connectivity index (χ1n) is 6.61. The number of nitrogens with one attached hydrogen (secondary N) is 1. The monoisotopic (exact) mass is 273 g/mol. The molecule has 6 heteroatoms. The number of rotatable bonds is 2. The molecule has 1 amide bonds. The summed E-state index contributed by atoms with van der Waals surface area (Å²) in [5.41, 5.74) is 1.25. The zero-order valence-corrected chi connectivity index (χ0v) is 10.9. The maximum absolute atomic E-state index is 12.6. The highest BCUT2D eigenvalue weighted by Crippen LogP contribution is 2.22. The molecule has 104 valence electrons. The van der Waals surface area contributed by atoms with E-state index < -0.39 is 11.9 Å². The second kappa shape index (κ2) is 4.96. The molecule has 3 rings (SSSR count). The third kappa shape index (κ3) is 2.13. The Morgan fingerprint density at radius 3 is 3.05 bits per heavy atom. The number of hydrogen-bond donors (Lipinski definition) is 2. The van der Waals surface area contributed by atoms with E-state index in [1.165, 1.54) is 0 Å². The first kappa shape index (κ1) is 12.7. The van der Waals surface area contributed by atoms with Gasteiger partial charge in [-0.1, -0.05) is 12.1 Å². The Balaban J connectivity index is 1.88. The molecule has 1 fully saturated rings. The van der Waals surface area contributed by atoms with Crippen LogP contribution in [0.3, 0.4) is 0 Å². The molecule has 1 aromatic heterocycles. The molecule has 6 nitrogen and oxygen atoms in total. The minimum absolute atomic E-state index is 0.134. The van der Waals surface area contributed by atoms with Crippen molar-refractivity contribution >= 4 is 22.8 Å². The van der Waals surface area contributed by atoms with Crippen molar-refractivity contribution in [3.05, 3.63) is 30.0 Å². The zero-order chi connectivity index (χ0) is 14.1. The van der Waals surface area contributed by atoms with Crippen molar-refractivity contribution in [3.63, 3.8) is 0 Å². The SMILES string of the molecule is O=C(O)[C@H]1CCCN(C(=O)c2cccc3cn[nH]c23)C1. The van der Waals surface area contributed by atoms with Crippen molar-refractivity contribution in [2.24, 2.45) is 5.92 Å². The van der Waals surface area contributed by atoms with Crippen LogP contribution in [0.15, 0.2) is 24.4 Å². The van der Waals surface area contributed by atoms with E-state index in [9.17, 15) is 9.59 Å². The number of likely N-dealkylation sites (tertiary alicyclic amines) is 1. The first-order chi connectivity index (χ1) is 9.66. The van der Waals surface area contributed by atoms with E-state index in [2.05, 4.69) is 10.2 Å². The Labute approximate surface area is 115 Å². The highest BCUT2D eigenvalue weighted by molar-refractivity contribution is 6.05. The predicted molar refractivity (Wildman–Crippen MR) is 72.4 cm³/mol. The molecule has 0 bridgehead atoms. The van der Waals surface area contributed by atoms with Crippen LogP contribution >= 0.6 is 0 Å². The molecule has 0 radical (unpaired) electrons. The quantitative estimate of drug-likeness (QED) is 0.868. The van der Waals surface area contributed by atoms with Gasteiger partial charge < -0.3 is 10.0 Å². The van der Waals surface area contributed by atoms with E-state index in [4.69, 9.17) is 5.11 Å². The van der Waals surface area contributed by atoms with Crippen molar-refractivity contribution < 1.29 is 14.7 Å². The van der Waals surface area contributed by atoms with Gasteiger partial charge in [-0.3, -0.25) is 14.7 Å². The summed E-state index contributed by atoms with van der Waals surface area (Å²) in [6.45, 7) is 0.881. The largest absolute Gasteiger partial charge is 0.481 e. The average molecular weight is 273 g/mol. The summed E-state index contributed by atoms with van der Waals surface area (Å²) in [6.07, 6.45) is 3.03. The van der Waals surface area contributed by atoms with E-state index in [1.54, 1.807) is 17.2 Å². The lowest BCUT2D eigenvalue weighted by molar-refractivity contribution is -0.143. The molecule has 1 atom stereocenters. The number of carbonyl (C=O) groups excluding carboxylic acids is 1. The number of hydrogen-bond acceptors (Lipinski definition) is 3. The second-order valence-electron chi connectivity index (χ2n) is 5.07. The van der Waals surface area contributed by atoms with E-state index in [0.717, 1.165) is 11.8 Å². The number of piperidine rings is 1. The minimum atomic E-state index is -0.831. The normalized spacial score (nSPS) is 19.2. The Bertz CT molecular complexity index is 664. The highest BCUT2D eigenvalue weighted by atomic mass is 16.4. The molecule has 1 aromatic carbocycles. The van der Waals surface area contributed by atoms with Crippen LogP contribution in [0, 0.1) is 5.92 Å². The Kier molecular flexibility index (Phi) is 3.14. The Morgan fingerprint density at radius 2 is 2.25 bits per heavy atom. The van der Waals surface area contributed by atoms with E-state index >= 15 is 0 Å². The van der Waals surface area contributed by atoms with E-state index in [-0.39, 0.29) is 12.5 Å². The molecule has 2 N–H and O–H groups in total. The van der Waals surface area contributed by atoms with Gasteiger partial charge in [-0.25, -0.2) is 0 Å². The van der Waals surface area contributed by atoms with Gasteiger partial charge >= 0.3 is 5.97 Å². The molecular weight excluding hydrogens is 258 g/mol. The van der Waals surface area contributed by atoms with Crippen LogP contribution in [0.1, 0.15) is 23.2 Å². The molecule has 1 aliphatic heterocycles. The molecule has 20 heavy (non-hydrogen) atoms. The zero-order valence-electron chi connectivity index (χ0n) is 10.9. The maximum atomic E-state index is 12.6. The molecule has 2 aromatic rings. The molecule has 1 saturated heterocycles. The predicted octanol–water partition coefficient (Wildman–Crippen LogP) is 1.50. The lowest BCUT2D eigenvalue weighted by Crippen LogP contribution is -2.42. The highest BCUT2D eigenvalue weighted by Gasteiger charge is 2.29. The van der Waals surface area contributed by atoms with Gasteiger partial charge in [0.2, 0.25) is 0 Å². The van der Waals surface area contributed by atoms with Crippen molar-refractivity contribution in [2.45, 2.75) is 12.8 Å². The number of nitrogens with zero attached hydrogens (tertiary/aromatic N) is 2. The first-order valence-corrected chi connectivity index (χ1v) is 6.61. The van der Waals surface area contributed by atoms with Gasteiger partial charge in [0.15, 0.2) is 0 Å². The summed E-state index contributed by atoms with van der Waals surface area (Å²) >= 11 is 0. The number of aromatic amines is 1. The van der Waals surface area contributed by atoms with Crippen molar-refractivity contribution in [2.75, 3.05) is 13.1 Å². The van der Waals surface area contributed by atoms with Crippen LogP contribution in [0.2, 0.25) is 0 Å². The number of carbonyl (C=O) groups is 2. The third-order valence-electron chi connectivity index (χ3n) is 3.76. The molecular formula is C14H15N3O3. The van der Waals surface area contributed by atoms with Crippen LogP contribution in [0.4, 0.5) is 0 Å². The average Bonchev–Trinajstić information content (AvgIpc) is 2.95. The van der Waals surface area contributed by atoms with Crippen LogP contribution in [0.5, 0.6) is 0 Å². The Morgan fingerprint density at radius 1 is 1.40 bits per heavy atom. The van der Waals surface area contributed by atoms with Gasteiger partial charge in [-0.05, 0) is 18.9 Å². The number of aromatic nitrogens is 2. The molecule has 1 aliphatic rings. The summed E-state index contributed by atoms with van der Waals surface area (Å²) in [5.74, 6) is -1.43. The van der Waals surface area contributed by atoms with Gasteiger partial charge in [-0.15, -0.1) is 0 Å². The summed E-state index contributed by atoms with van der Waals surface area (Å²) in [6, 6.07) is 5.43. The van der Waals surface area contributed by atoms with Crippen molar-refractivity contribution in [3.8, 4) is 0 Å². The van der Waals surface area contributed by atoms with Crippen LogP contribution < -0.4 is 0 Å². The fourth-order valence-electron chi connectivity index (χ4n) is 2.68. The fourth-order valence-corrected chi connectivity index (χ4v) is 2.68. The third-order valence-corrected chi connectivity index (χ3v) is 3.76. The van der Waals surface area contributed by atoms with Crippen molar-refractivity contribution in [1.82, 2.24) is 15.1 Å². The van der Waals surface area contributed by atoms with Gasteiger partial charge in [0.25, 0.3) is 5.91 Å². The number of carboxylic acids is 1. The molecule has 0 unspecified atom stereocenters. The van der Waals surface area contributed by atoms with Crippen LogP contribution in [-0.2, 0) is 4.79 Å². The maximum Gasteiger partial charge on any atom is 0.308 e. The molecule has 0 aliphatic carbocycles. The second-order valence-corrected chi connectivity index (χ2v) is 5.07. The molecule has 0 saturated carbocycles. The molecule has 0 spiro atoms. The van der Waals surface area contributed by atoms with Gasteiger partial charge in [0, 0.05) is 18.5 Å². The summed E-state index contributed by atoms with van der Waals surface area (Å²) in [5, 5.41) is 16.7. The standard InChI is InChI=1S/C14H15N3O3/c18-13(17-6-2-4-10(8-17)14(19)20)11-5-1-3-9-7-15-16-12(9)11/h1,3,5,7,10H,2,4,6,8H2,(H,15,16)(H,19,20)/t10-/m0/s1. The fraction of sp³-hybridized carbons (Fsp3) is 0.357. The lowest BCUT2D eigenvalue weighted by Gasteiger charge is -2.30. The van der Waals surface area contributed by atoms with E-state index in [1.807, 2.05) is 12.1 Å². The molecule has 2 heterocycles. The van der Waals surface area contributed by atoms with Crippen molar-refractivity contribution in [1.29, 1.82) is 0 Å². The number of H-pyrrole nitrogens is 1. The number of carboxylic acid groups (broad SMARTS) is 1. The number of para-hydroxylation sites is 1. The summed E-state index contributed by atoms with van der Waals surface area (Å²) < 4.78 is 0. The van der Waals surface area contributed by atoms with Crippen LogP contribution in [0.25, 0.3) is 10.9 Å². The minimum Gasteiger partial charge on any atom is -0.481 e. The number of aliphatic carboxylic acids is 1. The topological polar surface area (TPSA) is 86.3 Å². The van der Waals surface area contributed by atoms with Gasteiger partial charge in [0.1, 0.15) is 0 Å². The van der Waals surface area contributed by atoms with Crippen LogP contribution in [-0.4, -0.2) is 45.2 Å². The summed E-state index contributed by atoms with van der Waals surface area (Å²) in [7, 11) is 0. The summed E-state index contributed by atoms with van der Waals surface area (Å²) in [4.78, 5) is 25.3. The van der Waals surface area contributed by atoms with Gasteiger partial charge in [0.05, 0.1) is 23.2 Å². The van der Waals surface area contributed by atoms with Gasteiger partial charge in [-0.2, -0.15) is 5.10 Å².